The van der Waals surface area contributed by atoms with Crippen LogP contribution in [-0.4, -0.2) is 61.6 Å². The number of unbranched alkanes of at least 4 members (excludes halogenated alkanes) is 6. The molecule has 3 aliphatic carbocycles. The highest BCUT2D eigenvalue weighted by molar-refractivity contribution is 8.14. The second-order valence-electron chi connectivity index (χ2n) is 21.8. The van der Waals surface area contributed by atoms with Crippen LogP contribution in [0.25, 0.3) is 52.9 Å². The SMILES string of the molecule is CCCCCCC(CCCCCC)N1C(=O)c2ccc3c4ccc5c6c(ccc(c7ccc(c2c37)C1=O)c64)C(=O)C(c1ccc(C2=CC3=C4C(=C6C=C(c7ccc(C)s7)SC6(C)C3(C)S2)C(F)(F)C(F)(F)C4(F)F)s1)C5=O. The highest BCUT2D eigenvalue weighted by Crippen LogP contribution is 2.75. The van der Waals surface area contributed by atoms with E-state index >= 15 is 26.3 Å². The third kappa shape index (κ3) is 6.75. The van der Waals surface area contributed by atoms with E-state index in [1.807, 2.05) is 55.5 Å². The molecule has 6 aliphatic rings. The molecule has 15 heteroatoms. The molecular formula is C62H51F6NO4S4. The molecule has 0 spiro atoms. The van der Waals surface area contributed by atoms with Crippen LogP contribution >= 0.6 is 46.2 Å². The number of benzene rings is 5. The minimum absolute atomic E-state index is 0.207. The first-order chi connectivity index (χ1) is 36.7. The molecule has 2 atom stereocenters. The van der Waals surface area contributed by atoms with Crippen molar-refractivity contribution in [3.8, 4) is 0 Å². The highest BCUT2D eigenvalue weighted by atomic mass is 32.2. The Kier molecular flexibility index (Phi) is 11.6. The molecule has 2 unspecified atom stereocenters. The number of amides is 2. The molecule has 3 aliphatic heterocycles. The number of fused-ring (bicyclic) bond motifs is 6. The van der Waals surface area contributed by atoms with Crippen molar-refractivity contribution in [3.05, 3.63) is 149 Å². The van der Waals surface area contributed by atoms with Crippen molar-refractivity contribution >= 4 is 122 Å². The van der Waals surface area contributed by atoms with Gasteiger partial charge in [-0.15, -0.1) is 46.2 Å². The summed E-state index contributed by atoms with van der Waals surface area (Å²) in [6.07, 6.45) is 12.6. The molecule has 5 heterocycles. The molecule has 1 fully saturated rings. The van der Waals surface area contributed by atoms with Gasteiger partial charge in [-0.2, -0.15) is 26.3 Å². The first kappa shape index (κ1) is 51.0. The molecular weight excluding hydrogens is 1060 g/mol. The van der Waals surface area contributed by atoms with E-state index in [4.69, 9.17) is 0 Å². The van der Waals surface area contributed by atoms with Crippen molar-refractivity contribution in [2.24, 2.45) is 0 Å². The number of ketones is 2. The molecule has 0 N–H and O–H groups in total. The zero-order valence-electron chi connectivity index (χ0n) is 42.8. The second-order valence-corrected chi connectivity index (χ2v) is 27.2. The maximum Gasteiger partial charge on any atom is 0.380 e. The summed E-state index contributed by atoms with van der Waals surface area (Å²) in [5.74, 6) is -18.8. The standard InChI is InChI=1S/C62H51F6NO4S4/c1-6-8-10-12-14-31(15-13-11-9-7-2)69-56(72)38-23-19-34-32-17-21-36-49-37(22-18-33(47(32)49)35-20-24-39(57(69)73)50(38)48(34)35)55(71)51(54(36)70)44-27-26-43(75-44)46-29-41-53-52(60(63,64)62(67,68)61(53,65)66)40-28-45(42-25-16-30(3)74-42)76-58(40,4)59(41,5)77-46/h16-29,31,51H,6-15H2,1-5H3. The molecule has 5 aromatic carbocycles. The van der Waals surface area contributed by atoms with Gasteiger partial charge in [0.15, 0.2) is 11.6 Å². The maximum absolute atomic E-state index is 16.2. The molecule has 2 aromatic heterocycles. The smallest absolute Gasteiger partial charge is 0.293 e. The minimum Gasteiger partial charge on any atom is -0.293 e. The number of halogens is 6. The van der Waals surface area contributed by atoms with Gasteiger partial charge in [0.1, 0.15) is 5.92 Å². The second kappa shape index (κ2) is 17.5. The number of imide groups is 1. The largest absolute Gasteiger partial charge is 0.380 e. The van der Waals surface area contributed by atoms with Crippen molar-refractivity contribution < 1.29 is 45.5 Å². The monoisotopic (exact) mass is 1120 g/mol. The number of thiophene rings is 2. The number of allylic oxidation sites excluding steroid dienone is 4. The number of hydrogen-bond donors (Lipinski definition) is 0. The van der Waals surface area contributed by atoms with E-state index < -0.39 is 55.9 Å². The van der Waals surface area contributed by atoms with Gasteiger partial charge in [-0.05, 0) is 126 Å². The molecule has 394 valence electrons. The predicted molar refractivity (Wildman–Crippen MR) is 301 cm³/mol. The summed E-state index contributed by atoms with van der Waals surface area (Å²) in [7, 11) is 0. The lowest BCUT2D eigenvalue weighted by Gasteiger charge is -2.47. The van der Waals surface area contributed by atoms with Gasteiger partial charge in [0.25, 0.3) is 11.8 Å². The summed E-state index contributed by atoms with van der Waals surface area (Å²) >= 11 is 4.85. The number of hydrogen-bond acceptors (Lipinski definition) is 8. The highest BCUT2D eigenvalue weighted by Gasteiger charge is 2.84. The number of alkyl halides is 6. The Morgan fingerprint density at radius 1 is 0.519 bits per heavy atom. The Bertz CT molecular complexity index is 3820. The number of Topliss-reactive ketones (excluding diaryl/α,β-unsaturated/α-hetero) is 2. The normalized spacial score (nSPS) is 23.2. The Balaban J connectivity index is 0.861. The van der Waals surface area contributed by atoms with Gasteiger partial charge in [0, 0.05) is 79.5 Å². The van der Waals surface area contributed by atoms with E-state index in [1.165, 1.54) is 40.2 Å². The number of nitrogens with zero attached hydrogens (tertiary/aromatic N) is 1. The summed E-state index contributed by atoms with van der Waals surface area (Å²) in [4.78, 5) is 64.1. The van der Waals surface area contributed by atoms with Crippen LogP contribution in [0.15, 0.2) is 107 Å². The van der Waals surface area contributed by atoms with E-state index in [0.29, 0.717) is 62.9 Å². The van der Waals surface area contributed by atoms with Crippen molar-refractivity contribution in [2.75, 3.05) is 0 Å². The summed E-state index contributed by atoms with van der Waals surface area (Å²) in [5.41, 5.74) is -1.58. The van der Waals surface area contributed by atoms with Gasteiger partial charge >= 0.3 is 17.8 Å². The van der Waals surface area contributed by atoms with Crippen molar-refractivity contribution in [2.45, 2.75) is 138 Å². The number of thioether (sulfide) groups is 2. The Morgan fingerprint density at radius 2 is 0.948 bits per heavy atom. The van der Waals surface area contributed by atoms with Crippen LogP contribution in [0.4, 0.5) is 26.3 Å². The number of aryl methyl sites for hydroxylation is 1. The molecule has 7 aromatic rings. The fourth-order valence-electron chi connectivity index (χ4n) is 13.4. The number of rotatable bonds is 14. The predicted octanol–water partition coefficient (Wildman–Crippen LogP) is 18.2. The third-order valence-electron chi connectivity index (χ3n) is 17.5. The van der Waals surface area contributed by atoms with E-state index in [-0.39, 0.29) is 29.0 Å². The van der Waals surface area contributed by atoms with E-state index in [1.54, 1.807) is 38.1 Å². The average Bonchev–Trinajstić information content (AvgIpc) is 4.38. The zero-order chi connectivity index (χ0) is 54.0. The van der Waals surface area contributed by atoms with Crippen LogP contribution in [0.5, 0.6) is 0 Å². The first-order valence-electron chi connectivity index (χ1n) is 26.5. The minimum atomic E-state index is -5.69. The average molecular weight is 1120 g/mol. The maximum atomic E-state index is 16.2. The van der Waals surface area contributed by atoms with Crippen LogP contribution < -0.4 is 0 Å². The van der Waals surface area contributed by atoms with Gasteiger partial charge < -0.3 is 0 Å². The molecule has 13 rings (SSSR count). The molecule has 0 saturated heterocycles. The van der Waals surface area contributed by atoms with Crippen LogP contribution in [0.2, 0.25) is 0 Å². The summed E-state index contributed by atoms with van der Waals surface area (Å²) in [6, 6.07) is 21.4. The lowest BCUT2D eigenvalue weighted by atomic mass is 9.71. The summed E-state index contributed by atoms with van der Waals surface area (Å²) in [5, 5.41) is 5.71. The van der Waals surface area contributed by atoms with Crippen molar-refractivity contribution in [1.82, 2.24) is 4.90 Å². The number of carbonyl (C=O) groups is 4. The molecule has 77 heavy (non-hydrogen) atoms. The fourth-order valence-corrected chi connectivity index (χ4v) is 18.7. The Morgan fingerprint density at radius 3 is 1.39 bits per heavy atom. The van der Waals surface area contributed by atoms with Crippen LogP contribution in [0, 0.1) is 6.92 Å². The van der Waals surface area contributed by atoms with Crippen molar-refractivity contribution in [3.63, 3.8) is 0 Å². The molecule has 5 nitrogen and oxygen atoms in total. The molecule has 2 amide bonds. The van der Waals surface area contributed by atoms with Gasteiger partial charge in [-0.3, -0.25) is 24.1 Å². The van der Waals surface area contributed by atoms with E-state index in [2.05, 4.69) is 13.8 Å². The van der Waals surface area contributed by atoms with E-state index in [9.17, 15) is 19.2 Å². The Labute approximate surface area is 457 Å². The van der Waals surface area contributed by atoms with Gasteiger partial charge in [-0.25, -0.2) is 0 Å². The quantitative estimate of drug-likeness (QED) is 0.0270. The van der Waals surface area contributed by atoms with Crippen LogP contribution in [-0.2, 0) is 0 Å². The van der Waals surface area contributed by atoms with E-state index in [0.717, 1.165) is 119 Å². The van der Waals surface area contributed by atoms with Crippen molar-refractivity contribution in [1.29, 1.82) is 0 Å². The first-order valence-corrected chi connectivity index (χ1v) is 29.8. The zero-order valence-corrected chi connectivity index (χ0v) is 46.1. The number of carbonyl (C=O) groups excluding carboxylic acids is 4. The third-order valence-corrected chi connectivity index (χ3v) is 23.3. The summed E-state index contributed by atoms with van der Waals surface area (Å²) in [6.45, 7) is 9.50. The van der Waals surface area contributed by atoms with Gasteiger partial charge in [0.05, 0.1) is 9.49 Å². The molecule has 1 saturated carbocycles. The molecule has 0 bridgehead atoms. The van der Waals surface area contributed by atoms with Gasteiger partial charge in [-0.1, -0.05) is 102 Å². The molecule has 0 radical (unpaired) electrons. The van der Waals surface area contributed by atoms with Crippen LogP contribution in [0.1, 0.15) is 159 Å². The lowest BCUT2D eigenvalue weighted by molar-refractivity contribution is -0.258. The van der Waals surface area contributed by atoms with Gasteiger partial charge in [0.2, 0.25) is 0 Å². The Hall–Kier alpha value is -5.48. The van der Waals surface area contributed by atoms with Crippen LogP contribution in [0.3, 0.4) is 0 Å². The fraction of sp³-hybridized carbons (Fsp3) is 0.355. The summed E-state index contributed by atoms with van der Waals surface area (Å²) < 4.78 is 92.8. The lowest BCUT2D eigenvalue weighted by Crippen LogP contribution is -2.48. The topological polar surface area (TPSA) is 71.5 Å².